The number of fused-ring (bicyclic) bond motifs is 1. The number of hydrogen-bond donors (Lipinski definition) is 1. The molecule has 0 amide bonds. The molecule has 4 rings (SSSR count). The van der Waals surface area contributed by atoms with Crippen LogP contribution in [0, 0.1) is 22.9 Å². The lowest BCUT2D eigenvalue weighted by atomic mass is 10.1. The highest BCUT2D eigenvalue weighted by molar-refractivity contribution is 6.03. The van der Waals surface area contributed by atoms with E-state index in [1.165, 1.54) is 13.3 Å². The summed E-state index contributed by atoms with van der Waals surface area (Å²) in [7, 11) is 5.03. The van der Waals surface area contributed by atoms with Crippen molar-refractivity contribution in [3.05, 3.63) is 75.9 Å². The maximum Gasteiger partial charge on any atom is 0.341 e. The van der Waals surface area contributed by atoms with Gasteiger partial charge in [0, 0.05) is 43.5 Å². The summed E-state index contributed by atoms with van der Waals surface area (Å²) in [5, 5.41) is 16.8. The number of para-hydroxylation sites is 1. The molecule has 35 heavy (non-hydrogen) atoms. The van der Waals surface area contributed by atoms with E-state index in [9.17, 15) is 19.3 Å². The van der Waals surface area contributed by atoms with Gasteiger partial charge in [-0.25, -0.2) is 14.8 Å². The highest BCUT2D eigenvalue weighted by Crippen LogP contribution is 2.33. The summed E-state index contributed by atoms with van der Waals surface area (Å²) in [6, 6.07) is 9.79. The summed E-state index contributed by atoms with van der Waals surface area (Å²) in [4.78, 5) is 31.6. The molecule has 0 spiro atoms. The molecular formula is C24H25FN6O4. The first-order valence-corrected chi connectivity index (χ1v) is 10.2. The zero-order valence-electron chi connectivity index (χ0n) is 18.9. The Hall–Kier alpha value is -4.54. The molecule has 0 saturated heterocycles. The van der Waals surface area contributed by atoms with Crippen molar-refractivity contribution in [2.45, 2.75) is 14.4 Å². The van der Waals surface area contributed by atoms with E-state index in [0.717, 1.165) is 23.0 Å². The maximum absolute atomic E-state index is 13.9. The predicted molar refractivity (Wildman–Crippen MR) is 132 cm³/mol. The molecule has 4 aromatic rings. The molecule has 0 radical (unpaired) electrons. The van der Waals surface area contributed by atoms with E-state index in [4.69, 9.17) is 4.74 Å². The third-order valence-corrected chi connectivity index (χ3v) is 5.31. The van der Waals surface area contributed by atoms with Gasteiger partial charge in [0.1, 0.15) is 5.56 Å². The van der Waals surface area contributed by atoms with Crippen LogP contribution in [0.1, 0.15) is 23.3 Å². The van der Waals surface area contributed by atoms with E-state index in [1.807, 2.05) is 54.2 Å². The molecule has 0 aliphatic rings. The molecule has 0 atom stereocenters. The van der Waals surface area contributed by atoms with Crippen molar-refractivity contribution in [2.75, 3.05) is 31.5 Å². The van der Waals surface area contributed by atoms with Gasteiger partial charge in [-0.15, -0.1) is 0 Å². The SMILES string of the molecule is C.COC(=O)c1cnc(Nc2cc([N+](=O)[O-])c(F)cc2C)nc1-c1cn(N(C)C)c2ccccc12. The number of aryl methyl sites for hydroxylation is 1. The highest BCUT2D eigenvalue weighted by atomic mass is 19.1. The average Bonchev–Trinajstić information content (AvgIpc) is 3.20. The fourth-order valence-electron chi connectivity index (χ4n) is 3.65. The van der Waals surface area contributed by atoms with E-state index in [-0.39, 0.29) is 24.6 Å². The Balaban J connectivity index is 0.00000342. The molecular weight excluding hydrogens is 455 g/mol. The minimum atomic E-state index is -0.938. The highest BCUT2D eigenvalue weighted by Gasteiger charge is 2.22. The normalized spacial score (nSPS) is 10.5. The van der Waals surface area contributed by atoms with Crippen molar-refractivity contribution in [1.29, 1.82) is 0 Å². The second-order valence-corrected chi connectivity index (χ2v) is 7.70. The number of methoxy groups -OCH3 is 1. The average molecular weight is 481 g/mol. The first kappa shape index (κ1) is 25.1. The molecule has 2 aromatic heterocycles. The number of benzene rings is 2. The lowest BCUT2D eigenvalue weighted by Crippen LogP contribution is -2.23. The van der Waals surface area contributed by atoms with Crippen molar-refractivity contribution < 1.29 is 18.8 Å². The minimum Gasteiger partial charge on any atom is -0.465 e. The molecule has 182 valence electrons. The standard InChI is InChI=1S/C23H21FN6O4.CH4/c1-13-9-17(24)20(30(32)33)10-18(13)26-23-25-11-15(22(31)34-4)21(27-23)16-12-29(28(2)3)19-8-6-5-7-14(16)19;/h5-12H,1-4H3,(H,25,26,27);1H4. The second-order valence-electron chi connectivity index (χ2n) is 7.70. The number of hydrogen-bond acceptors (Lipinski definition) is 8. The molecule has 0 fully saturated rings. The third kappa shape index (κ3) is 4.60. The Morgan fingerprint density at radius 2 is 1.97 bits per heavy atom. The van der Waals surface area contributed by atoms with E-state index in [2.05, 4.69) is 15.3 Å². The van der Waals surface area contributed by atoms with E-state index in [1.54, 1.807) is 6.92 Å². The lowest BCUT2D eigenvalue weighted by Gasteiger charge is -2.15. The van der Waals surface area contributed by atoms with Gasteiger partial charge in [0.15, 0.2) is 0 Å². The minimum absolute atomic E-state index is 0. The van der Waals surface area contributed by atoms with Crippen LogP contribution in [0.3, 0.4) is 0 Å². The number of anilines is 2. The lowest BCUT2D eigenvalue weighted by molar-refractivity contribution is -0.387. The number of aromatic nitrogens is 3. The number of carbonyl (C=O) groups excluding carboxylic acids is 1. The Labute approximate surface area is 201 Å². The van der Waals surface area contributed by atoms with Gasteiger partial charge in [-0.05, 0) is 24.6 Å². The van der Waals surface area contributed by atoms with Crippen molar-refractivity contribution in [1.82, 2.24) is 14.6 Å². The second kappa shape index (κ2) is 9.75. The van der Waals surface area contributed by atoms with Crippen molar-refractivity contribution >= 4 is 34.2 Å². The number of halogens is 1. The molecule has 10 nitrogen and oxygen atoms in total. The fraction of sp³-hybridized carbons (Fsp3) is 0.208. The Kier molecular flexibility index (Phi) is 6.99. The van der Waals surface area contributed by atoms with Gasteiger partial charge < -0.3 is 15.1 Å². The van der Waals surface area contributed by atoms with Crippen LogP contribution < -0.4 is 10.3 Å². The third-order valence-electron chi connectivity index (χ3n) is 5.31. The zero-order chi connectivity index (χ0) is 24.6. The molecule has 0 aliphatic heterocycles. The fourth-order valence-corrected chi connectivity index (χ4v) is 3.65. The number of carbonyl (C=O) groups is 1. The molecule has 0 aliphatic carbocycles. The van der Waals surface area contributed by atoms with Gasteiger partial charge in [0.25, 0.3) is 0 Å². The number of nitro benzene ring substituents is 1. The predicted octanol–water partition coefficient (Wildman–Crippen LogP) is 4.82. The van der Waals surface area contributed by atoms with Gasteiger partial charge in [-0.1, -0.05) is 25.6 Å². The van der Waals surface area contributed by atoms with Gasteiger partial charge in [-0.3, -0.25) is 14.8 Å². The van der Waals surface area contributed by atoms with Gasteiger partial charge >= 0.3 is 11.7 Å². The summed E-state index contributed by atoms with van der Waals surface area (Å²) < 4.78 is 20.8. The van der Waals surface area contributed by atoms with Crippen LogP contribution in [0.4, 0.5) is 21.7 Å². The van der Waals surface area contributed by atoms with E-state index < -0.39 is 22.4 Å². The van der Waals surface area contributed by atoms with Crippen molar-refractivity contribution in [3.8, 4) is 11.3 Å². The topological polar surface area (TPSA) is 115 Å². The van der Waals surface area contributed by atoms with Gasteiger partial charge in [0.2, 0.25) is 11.8 Å². The molecule has 0 saturated carbocycles. The van der Waals surface area contributed by atoms with Crippen LogP contribution in [-0.4, -0.2) is 46.7 Å². The molecule has 11 heteroatoms. The number of esters is 1. The van der Waals surface area contributed by atoms with Crippen LogP contribution in [0.15, 0.2) is 48.8 Å². The smallest absolute Gasteiger partial charge is 0.341 e. The first-order valence-electron chi connectivity index (χ1n) is 10.2. The number of nitrogens with one attached hydrogen (secondary N) is 1. The Bertz CT molecular complexity index is 1430. The molecule has 0 unspecified atom stereocenters. The summed E-state index contributed by atoms with van der Waals surface area (Å²) in [6.45, 7) is 1.60. The molecule has 2 heterocycles. The number of nitro groups is 1. The van der Waals surface area contributed by atoms with Gasteiger partial charge in [0.05, 0.1) is 28.9 Å². The summed E-state index contributed by atoms with van der Waals surface area (Å²) in [5.74, 6) is -1.47. The van der Waals surface area contributed by atoms with E-state index >= 15 is 0 Å². The molecule has 2 aromatic carbocycles. The van der Waals surface area contributed by atoms with Crippen LogP contribution in [-0.2, 0) is 4.74 Å². The largest absolute Gasteiger partial charge is 0.465 e. The summed E-state index contributed by atoms with van der Waals surface area (Å²) in [6.07, 6.45) is 3.17. The molecule has 0 bridgehead atoms. The maximum atomic E-state index is 13.9. The zero-order valence-corrected chi connectivity index (χ0v) is 18.9. The van der Waals surface area contributed by atoms with Gasteiger partial charge in [-0.2, -0.15) is 4.39 Å². The van der Waals surface area contributed by atoms with Crippen LogP contribution in [0.5, 0.6) is 0 Å². The Morgan fingerprint density at radius 3 is 2.63 bits per heavy atom. The van der Waals surface area contributed by atoms with Crippen LogP contribution >= 0.6 is 0 Å². The van der Waals surface area contributed by atoms with Crippen LogP contribution in [0.2, 0.25) is 0 Å². The summed E-state index contributed by atoms with van der Waals surface area (Å²) in [5.41, 5.74) is 2.05. The Morgan fingerprint density at radius 1 is 1.26 bits per heavy atom. The quantitative estimate of drug-likeness (QED) is 0.237. The van der Waals surface area contributed by atoms with Crippen molar-refractivity contribution in [2.24, 2.45) is 0 Å². The number of rotatable bonds is 6. The first-order chi connectivity index (χ1) is 16.2. The summed E-state index contributed by atoms with van der Waals surface area (Å²) >= 11 is 0. The van der Waals surface area contributed by atoms with Crippen molar-refractivity contribution in [3.63, 3.8) is 0 Å². The van der Waals surface area contributed by atoms with Crippen LogP contribution in [0.25, 0.3) is 22.2 Å². The number of ether oxygens (including phenoxy) is 1. The number of nitrogens with zero attached hydrogens (tertiary/aromatic N) is 5. The monoisotopic (exact) mass is 480 g/mol. The molecule has 1 N–H and O–H groups in total. The van der Waals surface area contributed by atoms with E-state index in [0.29, 0.717) is 16.8 Å².